The SMILES string of the molecule is Brc1ccc(-c2cc3cc(c2)CSc2cc(cc(-c4ccc(Br)s4)c2)CSC3)s1. The number of halogens is 2. The van der Waals surface area contributed by atoms with Crippen LogP contribution in [0.1, 0.15) is 16.7 Å². The molecule has 4 aromatic rings. The van der Waals surface area contributed by atoms with Gasteiger partial charge in [-0.2, -0.15) is 11.8 Å². The zero-order valence-corrected chi connectivity index (χ0v) is 21.7. The Morgan fingerprint density at radius 2 is 1.14 bits per heavy atom. The normalized spacial score (nSPS) is 13.9. The van der Waals surface area contributed by atoms with Crippen LogP contribution in [-0.2, 0) is 17.3 Å². The molecule has 0 aliphatic carbocycles. The van der Waals surface area contributed by atoms with Crippen LogP contribution in [0, 0.1) is 0 Å². The van der Waals surface area contributed by atoms with Gasteiger partial charge in [-0.15, -0.1) is 34.4 Å². The van der Waals surface area contributed by atoms with Crippen molar-refractivity contribution in [2.75, 3.05) is 0 Å². The molecule has 4 bridgehead atoms. The largest absolute Gasteiger partial charge is 0.152 e. The Bertz CT molecular complexity index is 1080. The van der Waals surface area contributed by atoms with Crippen LogP contribution in [0.3, 0.4) is 0 Å². The number of thiophene rings is 2. The lowest BCUT2D eigenvalue weighted by Crippen LogP contribution is -1.88. The van der Waals surface area contributed by atoms with Crippen LogP contribution >= 0.6 is 78.1 Å². The van der Waals surface area contributed by atoms with Crippen LogP contribution in [0.2, 0.25) is 0 Å². The van der Waals surface area contributed by atoms with Crippen molar-refractivity contribution in [2.24, 2.45) is 0 Å². The van der Waals surface area contributed by atoms with Crippen LogP contribution in [0.25, 0.3) is 20.9 Å². The molecule has 0 spiro atoms. The van der Waals surface area contributed by atoms with Crippen molar-refractivity contribution < 1.29 is 0 Å². The Labute approximate surface area is 204 Å². The van der Waals surface area contributed by atoms with Gasteiger partial charge in [0.25, 0.3) is 0 Å². The van der Waals surface area contributed by atoms with Gasteiger partial charge in [0.15, 0.2) is 0 Å². The highest BCUT2D eigenvalue weighted by Gasteiger charge is 2.11. The predicted molar refractivity (Wildman–Crippen MR) is 139 cm³/mol. The van der Waals surface area contributed by atoms with Gasteiger partial charge in [-0.25, -0.2) is 0 Å². The first-order chi connectivity index (χ1) is 14.1. The minimum absolute atomic E-state index is 0.995. The van der Waals surface area contributed by atoms with E-state index in [2.05, 4.69) is 92.5 Å². The Hall–Kier alpha value is -0.500. The minimum atomic E-state index is 0.995. The summed E-state index contributed by atoms with van der Waals surface area (Å²) in [6, 6.07) is 22.9. The van der Waals surface area contributed by atoms with E-state index in [0.717, 1.165) is 17.3 Å². The molecule has 0 radical (unpaired) electrons. The molecule has 2 aromatic carbocycles. The fraction of sp³-hybridized carbons (Fsp3) is 0.130. The highest BCUT2D eigenvalue weighted by Crippen LogP contribution is 2.38. The highest BCUT2D eigenvalue weighted by atomic mass is 79.9. The molecule has 0 saturated heterocycles. The summed E-state index contributed by atoms with van der Waals surface area (Å²) in [6.07, 6.45) is 0. The van der Waals surface area contributed by atoms with E-state index in [0.29, 0.717) is 0 Å². The van der Waals surface area contributed by atoms with Crippen LogP contribution in [0.5, 0.6) is 0 Å². The Balaban J connectivity index is 1.49. The van der Waals surface area contributed by atoms with Gasteiger partial charge in [0.05, 0.1) is 7.57 Å². The summed E-state index contributed by atoms with van der Waals surface area (Å²) in [4.78, 5) is 4.01. The Morgan fingerprint density at radius 3 is 1.72 bits per heavy atom. The minimum Gasteiger partial charge on any atom is -0.152 e. The third kappa shape index (κ3) is 4.89. The van der Waals surface area contributed by atoms with Crippen molar-refractivity contribution in [3.63, 3.8) is 0 Å². The molecule has 5 rings (SSSR count). The first-order valence-corrected chi connectivity index (χ1v) is 14.5. The predicted octanol–water partition coefficient (Wildman–Crippen LogP) is 9.71. The molecule has 1 aliphatic heterocycles. The third-order valence-electron chi connectivity index (χ3n) is 4.68. The third-order valence-corrected chi connectivity index (χ3v) is 10.1. The Morgan fingerprint density at radius 1 is 0.586 bits per heavy atom. The standard InChI is InChI=1S/C23H16Br2S4/c24-22-3-1-20(28-22)17-6-14-5-15(7-17)13-27-19-9-16(12-26-11-14)8-18(10-19)21-2-4-23(25)29-21/h1-10H,11-13H2. The molecular formula is C23H16Br2S4. The number of benzene rings is 2. The second kappa shape index (κ2) is 8.93. The van der Waals surface area contributed by atoms with E-state index in [1.807, 2.05) is 23.5 Å². The number of fused-ring (bicyclic) bond motifs is 4. The average Bonchev–Trinajstić information content (AvgIpc) is 3.34. The molecule has 2 aromatic heterocycles. The van der Waals surface area contributed by atoms with Crippen molar-refractivity contribution in [3.05, 3.63) is 84.9 Å². The van der Waals surface area contributed by atoms with Crippen LogP contribution in [0.15, 0.2) is 73.1 Å². The fourth-order valence-corrected chi connectivity index (χ4v) is 8.03. The Kier molecular flexibility index (Phi) is 6.28. The lowest BCUT2D eigenvalue weighted by molar-refractivity contribution is 1.32. The molecule has 0 saturated carbocycles. The number of hydrogen-bond acceptors (Lipinski definition) is 4. The van der Waals surface area contributed by atoms with Crippen molar-refractivity contribution in [2.45, 2.75) is 22.2 Å². The lowest BCUT2D eigenvalue weighted by Gasteiger charge is -2.09. The van der Waals surface area contributed by atoms with Gasteiger partial charge < -0.3 is 0 Å². The summed E-state index contributed by atoms with van der Waals surface area (Å²) < 4.78 is 2.37. The molecule has 3 heterocycles. The maximum absolute atomic E-state index is 3.60. The zero-order chi connectivity index (χ0) is 19.8. The first-order valence-electron chi connectivity index (χ1n) is 9.11. The molecule has 0 N–H and O–H groups in total. The fourth-order valence-electron chi connectivity index (χ4n) is 3.43. The van der Waals surface area contributed by atoms with E-state index >= 15 is 0 Å². The summed E-state index contributed by atoms with van der Waals surface area (Å²) in [6.45, 7) is 0. The van der Waals surface area contributed by atoms with Gasteiger partial charge in [-0.05, 0) is 114 Å². The number of rotatable bonds is 2. The summed E-state index contributed by atoms with van der Waals surface area (Å²) in [7, 11) is 0. The van der Waals surface area contributed by atoms with E-state index in [1.54, 1.807) is 22.7 Å². The quantitative estimate of drug-likeness (QED) is 0.232. The molecule has 0 unspecified atom stereocenters. The zero-order valence-electron chi connectivity index (χ0n) is 15.3. The molecule has 0 atom stereocenters. The van der Waals surface area contributed by atoms with E-state index in [9.17, 15) is 0 Å². The number of thioether (sulfide) groups is 2. The second-order valence-corrected chi connectivity index (χ2v) is 13.9. The van der Waals surface area contributed by atoms with Gasteiger partial charge in [0.1, 0.15) is 0 Å². The molecule has 0 amide bonds. The highest BCUT2D eigenvalue weighted by molar-refractivity contribution is 9.11. The summed E-state index contributed by atoms with van der Waals surface area (Å²) in [5.74, 6) is 3.08. The molecule has 6 heteroatoms. The number of hydrogen-bond donors (Lipinski definition) is 0. The van der Waals surface area contributed by atoms with Crippen molar-refractivity contribution in [1.29, 1.82) is 0 Å². The smallest absolute Gasteiger partial charge is 0.0705 e. The summed E-state index contributed by atoms with van der Waals surface area (Å²) in [5.41, 5.74) is 6.91. The molecule has 146 valence electrons. The van der Waals surface area contributed by atoms with Gasteiger partial charge in [0.2, 0.25) is 0 Å². The summed E-state index contributed by atoms with van der Waals surface area (Å²) >= 11 is 14.8. The maximum atomic E-state index is 3.60. The van der Waals surface area contributed by atoms with Gasteiger partial charge in [-0.3, -0.25) is 0 Å². The van der Waals surface area contributed by atoms with E-state index in [1.165, 1.54) is 50.0 Å². The molecule has 0 fully saturated rings. The molecule has 1 aliphatic rings. The van der Waals surface area contributed by atoms with Gasteiger partial charge in [0, 0.05) is 31.9 Å². The lowest BCUT2D eigenvalue weighted by atomic mass is 10.1. The van der Waals surface area contributed by atoms with Gasteiger partial charge >= 0.3 is 0 Å². The molecule has 0 nitrogen and oxygen atoms in total. The van der Waals surface area contributed by atoms with E-state index in [-0.39, 0.29) is 0 Å². The van der Waals surface area contributed by atoms with Crippen LogP contribution in [0.4, 0.5) is 0 Å². The van der Waals surface area contributed by atoms with Crippen molar-refractivity contribution in [1.82, 2.24) is 0 Å². The first kappa shape index (κ1) is 20.4. The second-order valence-electron chi connectivity index (χ2n) is 6.89. The van der Waals surface area contributed by atoms with Crippen LogP contribution in [-0.4, -0.2) is 0 Å². The molecule has 29 heavy (non-hydrogen) atoms. The maximum Gasteiger partial charge on any atom is 0.0705 e. The van der Waals surface area contributed by atoms with E-state index in [4.69, 9.17) is 0 Å². The van der Waals surface area contributed by atoms with Gasteiger partial charge in [-0.1, -0.05) is 6.07 Å². The summed E-state index contributed by atoms with van der Waals surface area (Å²) in [5, 5.41) is 0. The van der Waals surface area contributed by atoms with Crippen LogP contribution < -0.4 is 0 Å². The topological polar surface area (TPSA) is 0 Å². The van der Waals surface area contributed by atoms with E-state index < -0.39 is 0 Å². The molecular weight excluding hydrogens is 564 g/mol. The average molecular weight is 580 g/mol. The van der Waals surface area contributed by atoms with Crippen molar-refractivity contribution in [3.8, 4) is 20.9 Å². The monoisotopic (exact) mass is 578 g/mol. The van der Waals surface area contributed by atoms with Crippen molar-refractivity contribution >= 4 is 78.1 Å².